The molecular formula is C12H13N3S. The van der Waals surface area contributed by atoms with Gasteiger partial charge in [-0.05, 0) is 43.2 Å². The molecule has 4 heteroatoms. The molecule has 0 radical (unpaired) electrons. The van der Waals surface area contributed by atoms with Gasteiger partial charge >= 0.3 is 0 Å². The number of nitrogens with zero attached hydrogens (tertiary/aromatic N) is 2. The van der Waals surface area contributed by atoms with E-state index in [2.05, 4.69) is 42.2 Å². The predicted molar refractivity (Wildman–Crippen MR) is 66.5 cm³/mol. The van der Waals surface area contributed by atoms with Gasteiger partial charge in [-0.1, -0.05) is 23.9 Å². The van der Waals surface area contributed by atoms with Gasteiger partial charge in [-0.25, -0.2) is 0 Å². The molecule has 82 valence electrons. The molecule has 0 bridgehead atoms. The van der Waals surface area contributed by atoms with Gasteiger partial charge in [0.05, 0.1) is 0 Å². The topological polar surface area (TPSA) is 51.8 Å². The highest BCUT2D eigenvalue weighted by molar-refractivity contribution is 7.99. The number of rotatable bonds is 2. The van der Waals surface area contributed by atoms with E-state index in [1.54, 1.807) is 17.8 Å². The number of hydrogen-bond acceptors (Lipinski definition) is 4. The number of aryl methyl sites for hydroxylation is 2. The Hall–Kier alpha value is -1.55. The first-order chi connectivity index (χ1) is 7.65. The molecular weight excluding hydrogens is 218 g/mol. The summed E-state index contributed by atoms with van der Waals surface area (Å²) in [7, 11) is 0. The lowest BCUT2D eigenvalue weighted by Gasteiger charge is -2.05. The van der Waals surface area contributed by atoms with E-state index in [0.29, 0.717) is 5.82 Å². The molecule has 0 fully saturated rings. The molecule has 2 rings (SSSR count). The summed E-state index contributed by atoms with van der Waals surface area (Å²) >= 11 is 1.61. The SMILES string of the molecule is Cc1ccc(C)c(Sc2ccc(N)nn2)c1. The van der Waals surface area contributed by atoms with E-state index in [9.17, 15) is 0 Å². The van der Waals surface area contributed by atoms with Crippen molar-refractivity contribution in [1.82, 2.24) is 10.2 Å². The van der Waals surface area contributed by atoms with Crippen molar-refractivity contribution in [2.75, 3.05) is 5.73 Å². The summed E-state index contributed by atoms with van der Waals surface area (Å²) in [5.41, 5.74) is 7.98. The highest BCUT2D eigenvalue weighted by atomic mass is 32.2. The zero-order valence-electron chi connectivity index (χ0n) is 9.27. The molecule has 2 aromatic rings. The summed E-state index contributed by atoms with van der Waals surface area (Å²) in [6.45, 7) is 4.17. The normalized spacial score (nSPS) is 10.4. The van der Waals surface area contributed by atoms with Crippen LogP contribution < -0.4 is 5.73 Å². The summed E-state index contributed by atoms with van der Waals surface area (Å²) in [6.07, 6.45) is 0. The van der Waals surface area contributed by atoms with E-state index in [4.69, 9.17) is 5.73 Å². The van der Waals surface area contributed by atoms with Gasteiger partial charge in [0.2, 0.25) is 0 Å². The van der Waals surface area contributed by atoms with Gasteiger partial charge in [0, 0.05) is 4.90 Å². The fraction of sp³-hybridized carbons (Fsp3) is 0.167. The van der Waals surface area contributed by atoms with Crippen molar-refractivity contribution in [3.63, 3.8) is 0 Å². The molecule has 1 heterocycles. The van der Waals surface area contributed by atoms with E-state index in [0.717, 1.165) is 5.03 Å². The maximum absolute atomic E-state index is 5.49. The van der Waals surface area contributed by atoms with Crippen LogP contribution in [0.3, 0.4) is 0 Å². The van der Waals surface area contributed by atoms with Crippen molar-refractivity contribution < 1.29 is 0 Å². The number of nitrogens with two attached hydrogens (primary N) is 1. The van der Waals surface area contributed by atoms with Crippen molar-refractivity contribution in [1.29, 1.82) is 0 Å². The van der Waals surface area contributed by atoms with Crippen molar-refractivity contribution >= 4 is 17.6 Å². The third-order valence-electron chi connectivity index (χ3n) is 2.22. The van der Waals surface area contributed by atoms with Gasteiger partial charge in [-0.15, -0.1) is 10.2 Å². The molecule has 0 aliphatic heterocycles. The summed E-state index contributed by atoms with van der Waals surface area (Å²) in [5, 5.41) is 8.73. The number of benzene rings is 1. The summed E-state index contributed by atoms with van der Waals surface area (Å²) in [5.74, 6) is 0.449. The minimum absolute atomic E-state index is 0.449. The molecule has 1 aromatic carbocycles. The van der Waals surface area contributed by atoms with Crippen molar-refractivity contribution in [2.45, 2.75) is 23.8 Å². The van der Waals surface area contributed by atoms with E-state index in [1.807, 2.05) is 6.07 Å². The Morgan fingerprint density at radius 1 is 1.06 bits per heavy atom. The average molecular weight is 231 g/mol. The minimum Gasteiger partial charge on any atom is -0.382 e. The first-order valence-electron chi connectivity index (χ1n) is 4.99. The molecule has 0 saturated heterocycles. The smallest absolute Gasteiger partial charge is 0.146 e. The monoisotopic (exact) mass is 231 g/mol. The molecule has 0 saturated carbocycles. The van der Waals surface area contributed by atoms with Crippen LogP contribution in [0, 0.1) is 13.8 Å². The van der Waals surface area contributed by atoms with Crippen LogP contribution in [-0.4, -0.2) is 10.2 Å². The second-order valence-electron chi connectivity index (χ2n) is 3.67. The Balaban J connectivity index is 2.26. The molecule has 1 aromatic heterocycles. The Labute approximate surface area is 99.1 Å². The molecule has 0 amide bonds. The maximum Gasteiger partial charge on any atom is 0.146 e. The van der Waals surface area contributed by atoms with E-state index >= 15 is 0 Å². The van der Waals surface area contributed by atoms with Gasteiger partial charge in [-0.3, -0.25) is 0 Å². The Morgan fingerprint density at radius 2 is 1.88 bits per heavy atom. The number of anilines is 1. The first-order valence-corrected chi connectivity index (χ1v) is 5.81. The fourth-order valence-corrected chi connectivity index (χ4v) is 2.23. The van der Waals surface area contributed by atoms with Crippen LogP contribution in [0.2, 0.25) is 0 Å². The lowest BCUT2D eigenvalue weighted by molar-refractivity contribution is 0.938. The molecule has 0 aliphatic carbocycles. The lowest BCUT2D eigenvalue weighted by atomic mass is 10.2. The predicted octanol–water partition coefficient (Wildman–Crippen LogP) is 2.83. The van der Waals surface area contributed by atoms with E-state index in [-0.39, 0.29) is 0 Å². The van der Waals surface area contributed by atoms with Crippen LogP contribution in [-0.2, 0) is 0 Å². The zero-order chi connectivity index (χ0) is 11.5. The second-order valence-corrected chi connectivity index (χ2v) is 4.73. The Kier molecular flexibility index (Phi) is 3.10. The van der Waals surface area contributed by atoms with Gasteiger partial charge in [0.1, 0.15) is 10.8 Å². The van der Waals surface area contributed by atoms with Crippen LogP contribution in [0.25, 0.3) is 0 Å². The van der Waals surface area contributed by atoms with Gasteiger partial charge in [-0.2, -0.15) is 0 Å². The number of nitrogen functional groups attached to an aromatic ring is 1. The van der Waals surface area contributed by atoms with Crippen molar-refractivity contribution in [2.24, 2.45) is 0 Å². The third kappa shape index (κ3) is 2.52. The molecule has 2 N–H and O–H groups in total. The van der Waals surface area contributed by atoms with Gasteiger partial charge in [0.25, 0.3) is 0 Å². The Bertz CT molecular complexity index is 494. The fourth-order valence-electron chi connectivity index (χ4n) is 1.31. The Morgan fingerprint density at radius 3 is 2.56 bits per heavy atom. The maximum atomic E-state index is 5.49. The first kappa shape index (κ1) is 11.0. The highest BCUT2D eigenvalue weighted by Crippen LogP contribution is 2.29. The summed E-state index contributed by atoms with van der Waals surface area (Å²) in [4.78, 5) is 1.21. The quantitative estimate of drug-likeness (QED) is 0.863. The van der Waals surface area contributed by atoms with Crippen LogP contribution in [0.4, 0.5) is 5.82 Å². The highest BCUT2D eigenvalue weighted by Gasteiger charge is 2.03. The van der Waals surface area contributed by atoms with Gasteiger partial charge < -0.3 is 5.73 Å². The second kappa shape index (κ2) is 4.53. The average Bonchev–Trinajstić information content (AvgIpc) is 2.27. The molecule has 0 atom stereocenters. The summed E-state index contributed by atoms with van der Waals surface area (Å²) in [6, 6.07) is 10.0. The molecule has 0 unspecified atom stereocenters. The molecule has 0 spiro atoms. The standard InChI is InChI=1S/C12H13N3S/c1-8-3-4-9(2)10(7-8)16-12-6-5-11(13)14-15-12/h3-7H,1-2H3,(H2,13,14). The van der Waals surface area contributed by atoms with E-state index in [1.165, 1.54) is 16.0 Å². The lowest BCUT2D eigenvalue weighted by Crippen LogP contribution is -1.93. The van der Waals surface area contributed by atoms with Crippen molar-refractivity contribution in [3.8, 4) is 0 Å². The van der Waals surface area contributed by atoms with Gasteiger partial charge in [0.15, 0.2) is 0 Å². The molecule has 0 aliphatic rings. The minimum atomic E-state index is 0.449. The zero-order valence-corrected chi connectivity index (χ0v) is 10.1. The number of aromatic nitrogens is 2. The molecule has 16 heavy (non-hydrogen) atoms. The van der Waals surface area contributed by atoms with Crippen molar-refractivity contribution in [3.05, 3.63) is 41.5 Å². The third-order valence-corrected chi connectivity index (χ3v) is 3.31. The summed E-state index contributed by atoms with van der Waals surface area (Å²) < 4.78 is 0. The van der Waals surface area contributed by atoms with Crippen LogP contribution in [0.15, 0.2) is 40.3 Å². The number of hydrogen-bond donors (Lipinski definition) is 1. The molecule has 3 nitrogen and oxygen atoms in total. The largest absolute Gasteiger partial charge is 0.382 e. The van der Waals surface area contributed by atoms with E-state index < -0.39 is 0 Å². The van der Waals surface area contributed by atoms with Crippen LogP contribution >= 0.6 is 11.8 Å². The van der Waals surface area contributed by atoms with Crippen LogP contribution in [0.5, 0.6) is 0 Å². The van der Waals surface area contributed by atoms with Crippen LogP contribution in [0.1, 0.15) is 11.1 Å².